The summed E-state index contributed by atoms with van der Waals surface area (Å²) in [5.41, 5.74) is 1.72. The molecule has 0 unspecified atom stereocenters. The van der Waals surface area contributed by atoms with E-state index in [-0.39, 0.29) is 6.61 Å². The number of thiophene rings is 1. The molecule has 1 aromatic carbocycles. The summed E-state index contributed by atoms with van der Waals surface area (Å²) < 4.78 is 10.3. The topological polar surface area (TPSA) is 64.6 Å². The first kappa shape index (κ1) is 19.0. The van der Waals surface area contributed by atoms with Crippen molar-refractivity contribution in [1.29, 1.82) is 0 Å². The summed E-state index contributed by atoms with van der Waals surface area (Å²) in [7, 11) is 1.53. The lowest BCUT2D eigenvalue weighted by Crippen LogP contribution is -2.20. The van der Waals surface area contributed by atoms with Crippen LogP contribution in [0.5, 0.6) is 5.75 Å². The molecule has 0 atom stereocenters. The number of hydrogen-bond acceptors (Lipinski definition) is 5. The molecule has 0 aliphatic carbocycles. The lowest BCUT2D eigenvalue weighted by molar-refractivity contribution is -0.119. The maximum Gasteiger partial charge on any atom is 0.348 e. The first-order chi connectivity index (χ1) is 12.1. The van der Waals surface area contributed by atoms with Gasteiger partial charge in [0.25, 0.3) is 5.91 Å². The Hall–Kier alpha value is -2.34. The fourth-order valence-corrected chi connectivity index (χ4v) is 3.69. The van der Waals surface area contributed by atoms with Crippen LogP contribution in [-0.4, -0.2) is 25.6 Å². The predicted molar refractivity (Wildman–Crippen MR) is 99.6 cm³/mol. The molecule has 0 saturated carbocycles. The third-order valence-corrected chi connectivity index (χ3v) is 4.89. The van der Waals surface area contributed by atoms with E-state index in [9.17, 15) is 9.59 Å². The number of para-hydroxylation sites is 2. The van der Waals surface area contributed by atoms with Gasteiger partial charge in [-0.2, -0.15) is 0 Å². The SMILES string of the molecule is CCCc1sc(C(=O)OCC(=O)Nc2ccccc2OC)cc1CC. The molecule has 134 valence electrons. The molecule has 1 amide bonds. The van der Waals surface area contributed by atoms with Crippen molar-refractivity contribution in [2.24, 2.45) is 0 Å². The van der Waals surface area contributed by atoms with E-state index >= 15 is 0 Å². The number of benzene rings is 1. The molecule has 5 nitrogen and oxygen atoms in total. The van der Waals surface area contributed by atoms with E-state index in [1.54, 1.807) is 18.2 Å². The standard InChI is InChI=1S/C19H23NO4S/c1-4-8-16-13(5-2)11-17(25-16)19(22)24-12-18(21)20-14-9-6-7-10-15(14)23-3/h6-7,9-11H,4-5,8,12H2,1-3H3,(H,20,21). The van der Waals surface area contributed by atoms with Gasteiger partial charge in [-0.3, -0.25) is 4.79 Å². The summed E-state index contributed by atoms with van der Waals surface area (Å²) in [5.74, 6) is -0.312. The highest BCUT2D eigenvalue weighted by Gasteiger charge is 2.16. The van der Waals surface area contributed by atoms with E-state index in [2.05, 4.69) is 19.2 Å². The van der Waals surface area contributed by atoms with E-state index in [1.165, 1.54) is 28.9 Å². The molecule has 2 rings (SSSR count). The number of aryl methyl sites for hydroxylation is 2. The van der Waals surface area contributed by atoms with Gasteiger partial charge in [-0.15, -0.1) is 11.3 Å². The average Bonchev–Trinajstić information content (AvgIpc) is 3.03. The van der Waals surface area contributed by atoms with E-state index in [0.717, 1.165) is 19.3 Å². The number of esters is 1. The number of carbonyl (C=O) groups is 2. The Morgan fingerprint density at radius 3 is 2.64 bits per heavy atom. The van der Waals surface area contributed by atoms with Crippen LogP contribution in [0.25, 0.3) is 0 Å². The number of methoxy groups -OCH3 is 1. The van der Waals surface area contributed by atoms with Gasteiger partial charge in [-0.05, 0) is 36.6 Å². The van der Waals surface area contributed by atoms with Crippen molar-refractivity contribution >= 4 is 28.9 Å². The molecular formula is C19H23NO4S. The summed E-state index contributed by atoms with van der Waals surface area (Å²) in [6.07, 6.45) is 2.87. The first-order valence-electron chi connectivity index (χ1n) is 8.30. The van der Waals surface area contributed by atoms with E-state index < -0.39 is 11.9 Å². The average molecular weight is 361 g/mol. The minimum absolute atomic E-state index is 0.334. The molecule has 0 radical (unpaired) electrons. The van der Waals surface area contributed by atoms with Crippen LogP contribution in [-0.2, 0) is 22.4 Å². The third-order valence-electron chi connectivity index (χ3n) is 3.67. The van der Waals surface area contributed by atoms with Crippen LogP contribution in [0.2, 0.25) is 0 Å². The van der Waals surface area contributed by atoms with E-state index in [4.69, 9.17) is 9.47 Å². The van der Waals surface area contributed by atoms with Crippen LogP contribution in [0.3, 0.4) is 0 Å². The first-order valence-corrected chi connectivity index (χ1v) is 9.12. The van der Waals surface area contributed by atoms with Crippen molar-refractivity contribution < 1.29 is 19.1 Å². The van der Waals surface area contributed by atoms with E-state index in [1.807, 2.05) is 12.1 Å². The number of rotatable bonds is 8. The number of anilines is 1. The van der Waals surface area contributed by atoms with Gasteiger partial charge in [-0.25, -0.2) is 4.79 Å². The molecule has 0 aliphatic heterocycles. The molecule has 0 aliphatic rings. The highest BCUT2D eigenvalue weighted by atomic mass is 32.1. The van der Waals surface area contributed by atoms with Crippen LogP contribution in [0, 0.1) is 0 Å². The maximum atomic E-state index is 12.2. The van der Waals surface area contributed by atoms with Crippen LogP contribution in [0.4, 0.5) is 5.69 Å². The second-order valence-corrected chi connectivity index (χ2v) is 6.62. The van der Waals surface area contributed by atoms with Crippen molar-refractivity contribution in [2.45, 2.75) is 33.1 Å². The van der Waals surface area contributed by atoms with Crippen molar-refractivity contribution in [1.82, 2.24) is 0 Å². The molecular weight excluding hydrogens is 338 g/mol. The van der Waals surface area contributed by atoms with Gasteiger partial charge in [-0.1, -0.05) is 32.4 Å². The van der Waals surface area contributed by atoms with Crippen molar-refractivity contribution in [3.8, 4) is 5.75 Å². The minimum Gasteiger partial charge on any atom is -0.495 e. The van der Waals surface area contributed by atoms with Gasteiger partial charge in [0.2, 0.25) is 0 Å². The lowest BCUT2D eigenvalue weighted by Gasteiger charge is -2.09. The van der Waals surface area contributed by atoms with E-state index in [0.29, 0.717) is 16.3 Å². The highest BCUT2D eigenvalue weighted by Crippen LogP contribution is 2.25. The minimum atomic E-state index is -0.461. The Morgan fingerprint density at radius 1 is 1.20 bits per heavy atom. The zero-order chi connectivity index (χ0) is 18.2. The van der Waals surface area contributed by atoms with Gasteiger partial charge in [0.1, 0.15) is 10.6 Å². The molecule has 0 saturated heterocycles. The highest BCUT2D eigenvalue weighted by molar-refractivity contribution is 7.14. The van der Waals surface area contributed by atoms with Crippen molar-refractivity contribution in [3.05, 3.63) is 45.6 Å². The predicted octanol–water partition coefficient (Wildman–Crippen LogP) is 4.07. The fourth-order valence-electron chi connectivity index (χ4n) is 2.44. The van der Waals surface area contributed by atoms with Crippen LogP contribution in [0.15, 0.2) is 30.3 Å². The molecule has 0 spiro atoms. The van der Waals surface area contributed by atoms with Gasteiger partial charge in [0.05, 0.1) is 12.8 Å². The Kier molecular flexibility index (Phi) is 7.01. The van der Waals surface area contributed by atoms with Crippen molar-refractivity contribution in [2.75, 3.05) is 19.0 Å². The molecule has 0 fully saturated rings. The monoisotopic (exact) mass is 361 g/mol. The molecule has 1 aromatic heterocycles. The zero-order valence-electron chi connectivity index (χ0n) is 14.8. The Morgan fingerprint density at radius 2 is 1.96 bits per heavy atom. The second-order valence-electron chi connectivity index (χ2n) is 5.49. The molecule has 0 bridgehead atoms. The number of amides is 1. The molecule has 1 heterocycles. The largest absolute Gasteiger partial charge is 0.495 e. The summed E-state index contributed by atoms with van der Waals surface area (Å²) >= 11 is 1.45. The lowest BCUT2D eigenvalue weighted by atomic mass is 10.1. The summed E-state index contributed by atoms with van der Waals surface area (Å²) in [4.78, 5) is 26.0. The molecule has 6 heteroatoms. The summed E-state index contributed by atoms with van der Waals surface area (Å²) in [6, 6.07) is 8.94. The zero-order valence-corrected chi connectivity index (χ0v) is 15.6. The quantitative estimate of drug-likeness (QED) is 0.720. The fraction of sp³-hybridized carbons (Fsp3) is 0.368. The van der Waals surface area contributed by atoms with Gasteiger partial charge in [0.15, 0.2) is 6.61 Å². The second kappa shape index (κ2) is 9.22. The van der Waals surface area contributed by atoms with Gasteiger partial charge < -0.3 is 14.8 Å². The van der Waals surface area contributed by atoms with Gasteiger partial charge in [0, 0.05) is 4.88 Å². The number of hydrogen-bond donors (Lipinski definition) is 1. The Bertz CT molecular complexity index is 739. The Labute approximate surface area is 152 Å². The Balaban J connectivity index is 1.94. The smallest absolute Gasteiger partial charge is 0.348 e. The van der Waals surface area contributed by atoms with Crippen molar-refractivity contribution in [3.63, 3.8) is 0 Å². The molecule has 25 heavy (non-hydrogen) atoms. The molecule has 2 aromatic rings. The number of ether oxygens (including phenoxy) is 2. The maximum absolute atomic E-state index is 12.2. The molecule has 1 N–H and O–H groups in total. The van der Waals surface area contributed by atoms with Crippen LogP contribution < -0.4 is 10.1 Å². The van der Waals surface area contributed by atoms with Gasteiger partial charge >= 0.3 is 5.97 Å². The number of nitrogens with one attached hydrogen (secondary N) is 1. The normalized spacial score (nSPS) is 10.4. The number of carbonyl (C=O) groups excluding carboxylic acids is 2. The van der Waals surface area contributed by atoms with Crippen LogP contribution in [0.1, 0.15) is 40.4 Å². The summed E-state index contributed by atoms with van der Waals surface area (Å²) in [6.45, 7) is 3.84. The summed E-state index contributed by atoms with van der Waals surface area (Å²) in [5, 5.41) is 2.68. The third kappa shape index (κ3) is 5.06. The van der Waals surface area contributed by atoms with Crippen LogP contribution >= 0.6 is 11.3 Å².